The van der Waals surface area contributed by atoms with E-state index in [1.54, 1.807) is 18.0 Å². The van der Waals surface area contributed by atoms with E-state index in [0.717, 1.165) is 18.4 Å². The molecule has 0 radical (unpaired) electrons. The highest BCUT2D eigenvalue weighted by Gasteiger charge is 2.36. The van der Waals surface area contributed by atoms with Crippen molar-refractivity contribution < 1.29 is 9.59 Å². The number of benzene rings is 1. The van der Waals surface area contributed by atoms with Crippen LogP contribution in [0.2, 0.25) is 0 Å². The van der Waals surface area contributed by atoms with Crippen molar-refractivity contribution in [1.29, 1.82) is 0 Å². The van der Waals surface area contributed by atoms with Crippen molar-refractivity contribution in [3.63, 3.8) is 0 Å². The molecule has 2 aromatic rings. The van der Waals surface area contributed by atoms with Crippen LogP contribution in [0.15, 0.2) is 36.5 Å². The van der Waals surface area contributed by atoms with Crippen molar-refractivity contribution in [3.8, 4) is 11.3 Å². The van der Waals surface area contributed by atoms with Crippen LogP contribution in [0.5, 0.6) is 0 Å². The van der Waals surface area contributed by atoms with Gasteiger partial charge < -0.3 is 15.5 Å². The van der Waals surface area contributed by atoms with Gasteiger partial charge in [-0.2, -0.15) is 0 Å². The second-order valence-electron chi connectivity index (χ2n) is 7.05. The number of aromatic nitrogens is 2. The zero-order chi connectivity index (χ0) is 18.8. The van der Waals surface area contributed by atoms with Gasteiger partial charge in [0.2, 0.25) is 5.91 Å². The van der Waals surface area contributed by atoms with Crippen molar-refractivity contribution >= 4 is 11.8 Å². The van der Waals surface area contributed by atoms with Crippen LogP contribution in [-0.4, -0.2) is 58.4 Å². The first-order valence-electron chi connectivity index (χ1n) is 9.34. The minimum Gasteiger partial charge on any atom is -0.352 e. The number of rotatable bonds is 4. The molecule has 0 bridgehead atoms. The van der Waals surface area contributed by atoms with Gasteiger partial charge in [0.1, 0.15) is 11.9 Å². The van der Waals surface area contributed by atoms with Crippen LogP contribution in [-0.2, 0) is 4.79 Å². The molecule has 2 N–H and O–H groups in total. The third kappa shape index (κ3) is 3.83. The summed E-state index contributed by atoms with van der Waals surface area (Å²) in [6.07, 6.45) is 3.61. The van der Waals surface area contributed by atoms with Gasteiger partial charge in [-0.1, -0.05) is 30.3 Å². The number of piperazine rings is 1. The first kappa shape index (κ1) is 17.6. The maximum Gasteiger partial charge on any atom is 0.258 e. The fourth-order valence-electron chi connectivity index (χ4n) is 3.30. The number of hydrogen-bond donors (Lipinski definition) is 2. The molecule has 140 valence electrons. The van der Waals surface area contributed by atoms with E-state index in [4.69, 9.17) is 0 Å². The van der Waals surface area contributed by atoms with Gasteiger partial charge >= 0.3 is 0 Å². The van der Waals surface area contributed by atoms with E-state index in [1.165, 1.54) is 0 Å². The third-order valence-electron chi connectivity index (χ3n) is 4.92. The summed E-state index contributed by atoms with van der Waals surface area (Å²) in [6.45, 7) is 3.39. The zero-order valence-corrected chi connectivity index (χ0v) is 15.3. The lowest BCUT2D eigenvalue weighted by Crippen LogP contribution is -2.59. The number of amides is 2. The summed E-state index contributed by atoms with van der Waals surface area (Å²) in [4.78, 5) is 36.4. The lowest BCUT2D eigenvalue weighted by molar-refractivity contribution is -0.126. The first-order valence-corrected chi connectivity index (χ1v) is 9.34. The molecule has 1 aromatic heterocycles. The van der Waals surface area contributed by atoms with Gasteiger partial charge in [-0.25, -0.2) is 9.97 Å². The second-order valence-corrected chi connectivity index (χ2v) is 7.05. The first-order chi connectivity index (χ1) is 13.1. The van der Waals surface area contributed by atoms with Crippen LogP contribution in [0, 0.1) is 6.92 Å². The van der Waals surface area contributed by atoms with Crippen LogP contribution >= 0.6 is 0 Å². The molecule has 1 atom stereocenters. The van der Waals surface area contributed by atoms with Gasteiger partial charge in [0, 0.05) is 37.4 Å². The van der Waals surface area contributed by atoms with Crippen LogP contribution in [0.1, 0.15) is 29.0 Å². The average Bonchev–Trinajstić information content (AvgIpc) is 3.52. The number of hydrogen-bond acceptors (Lipinski definition) is 5. The van der Waals surface area contributed by atoms with Gasteiger partial charge in [0.25, 0.3) is 5.91 Å². The molecular formula is C20H23N5O2. The topological polar surface area (TPSA) is 87.2 Å². The van der Waals surface area contributed by atoms with Crippen molar-refractivity contribution in [1.82, 2.24) is 25.5 Å². The third-order valence-corrected chi connectivity index (χ3v) is 4.92. The van der Waals surface area contributed by atoms with Crippen molar-refractivity contribution in [2.75, 3.05) is 19.6 Å². The number of aryl methyl sites for hydroxylation is 1. The Bertz CT molecular complexity index is 851. The molecule has 1 saturated heterocycles. The minimum absolute atomic E-state index is 0.0904. The minimum atomic E-state index is -0.517. The van der Waals surface area contributed by atoms with Gasteiger partial charge in [0.05, 0.1) is 11.3 Å². The highest BCUT2D eigenvalue weighted by atomic mass is 16.2. The molecule has 2 heterocycles. The quantitative estimate of drug-likeness (QED) is 0.849. The lowest BCUT2D eigenvalue weighted by Gasteiger charge is -2.35. The predicted molar refractivity (Wildman–Crippen MR) is 101 cm³/mol. The molecule has 1 saturated carbocycles. The van der Waals surface area contributed by atoms with E-state index in [0.29, 0.717) is 36.7 Å². The number of carbonyl (C=O) groups excluding carboxylic acids is 2. The molecule has 4 rings (SSSR count). The number of nitrogens with one attached hydrogen (secondary N) is 2. The van der Waals surface area contributed by atoms with E-state index in [9.17, 15) is 9.59 Å². The summed E-state index contributed by atoms with van der Waals surface area (Å²) in [5.74, 6) is 0.312. The molecule has 2 fully saturated rings. The van der Waals surface area contributed by atoms with Gasteiger partial charge in [-0.3, -0.25) is 9.59 Å². The Labute approximate surface area is 158 Å². The Kier molecular flexibility index (Phi) is 4.85. The SMILES string of the molecule is Cc1ncc(C(=O)N2CCNC[C@H]2C(=O)NC2CC2)c(-c2ccccc2)n1. The Hall–Kier alpha value is -2.80. The Balaban J connectivity index is 1.65. The standard InChI is InChI=1S/C20H23N5O2/c1-13-22-11-16(18(23-13)14-5-3-2-4-6-14)20(27)25-10-9-21-12-17(25)19(26)24-15-7-8-15/h2-6,11,15,17,21H,7-10,12H2,1H3,(H,24,26)/t17-/m0/s1. The molecule has 0 unspecified atom stereocenters. The highest BCUT2D eigenvalue weighted by Crippen LogP contribution is 2.24. The van der Waals surface area contributed by atoms with Crippen molar-refractivity contribution in [2.45, 2.75) is 31.8 Å². The molecule has 1 aromatic carbocycles. The lowest BCUT2D eigenvalue weighted by atomic mass is 10.0. The van der Waals surface area contributed by atoms with E-state index in [2.05, 4.69) is 20.6 Å². The van der Waals surface area contributed by atoms with Crippen LogP contribution in [0.25, 0.3) is 11.3 Å². The van der Waals surface area contributed by atoms with Crippen LogP contribution in [0.3, 0.4) is 0 Å². The maximum absolute atomic E-state index is 13.4. The Morgan fingerprint density at radius 3 is 2.74 bits per heavy atom. The van der Waals surface area contributed by atoms with Crippen LogP contribution < -0.4 is 10.6 Å². The molecule has 7 heteroatoms. The van der Waals surface area contributed by atoms with E-state index in [1.807, 2.05) is 30.3 Å². The summed E-state index contributed by atoms with van der Waals surface area (Å²) in [7, 11) is 0. The Morgan fingerprint density at radius 2 is 2.00 bits per heavy atom. The molecule has 1 aliphatic heterocycles. The van der Waals surface area contributed by atoms with E-state index < -0.39 is 6.04 Å². The highest BCUT2D eigenvalue weighted by molar-refractivity contribution is 6.02. The molecule has 0 spiro atoms. The molecular weight excluding hydrogens is 342 g/mol. The fourth-order valence-corrected chi connectivity index (χ4v) is 3.30. The predicted octanol–water partition coefficient (Wildman–Crippen LogP) is 1.14. The normalized spacial score (nSPS) is 19.6. The largest absolute Gasteiger partial charge is 0.352 e. The van der Waals surface area contributed by atoms with Gasteiger partial charge in [-0.15, -0.1) is 0 Å². The van der Waals surface area contributed by atoms with Crippen molar-refractivity contribution in [3.05, 3.63) is 47.9 Å². The summed E-state index contributed by atoms with van der Waals surface area (Å²) in [6, 6.07) is 9.35. The smallest absolute Gasteiger partial charge is 0.258 e. The molecule has 7 nitrogen and oxygen atoms in total. The number of nitrogens with zero attached hydrogens (tertiary/aromatic N) is 3. The number of carbonyl (C=O) groups is 2. The zero-order valence-electron chi connectivity index (χ0n) is 15.3. The maximum atomic E-state index is 13.4. The molecule has 27 heavy (non-hydrogen) atoms. The van der Waals surface area contributed by atoms with Crippen LogP contribution in [0.4, 0.5) is 0 Å². The summed E-state index contributed by atoms with van der Waals surface area (Å²) >= 11 is 0. The Morgan fingerprint density at radius 1 is 1.22 bits per heavy atom. The van der Waals surface area contributed by atoms with Gasteiger partial charge in [0.15, 0.2) is 0 Å². The molecule has 2 amide bonds. The van der Waals surface area contributed by atoms with Gasteiger partial charge in [-0.05, 0) is 19.8 Å². The van der Waals surface area contributed by atoms with E-state index in [-0.39, 0.29) is 17.9 Å². The second kappa shape index (κ2) is 7.44. The summed E-state index contributed by atoms with van der Waals surface area (Å²) in [5, 5.41) is 6.23. The summed E-state index contributed by atoms with van der Waals surface area (Å²) in [5.41, 5.74) is 1.89. The monoisotopic (exact) mass is 365 g/mol. The molecule has 1 aliphatic carbocycles. The molecule has 2 aliphatic rings. The average molecular weight is 365 g/mol. The van der Waals surface area contributed by atoms with Crippen molar-refractivity contribution in [2.24, 2.45) is 0 Å². The summed E-state index contributed by atoms with van der Waals surface area (Å²) < 4.78 is 0. The van der Waals surface area contributed by atoms with E-state index >= 15 is 0 Å². The fraction of sp³-hybridized carbons (Fsp3) is 0.400.